The van der Waals surface area contributed by atoms with Crippen molar-refractivity contribution in [1.29, 1.82) is 5.26 Å². The third kappa shape index (κ3) is 5.57. The van der Waals surface area contributed by atoms with Crippen LogP contribution in [0.1, 0.15) is 58.2 Å². The highest BCUT2D eigenvalue weighted by Gasteiger charge is 2.52. The maximum Gasteiger partial charge on any atom is 0.202 e. The van der Waals surface area contributed by atoms with Crippen molar-refractivity contribution >= 4 is 19.1 Å². The van der Waals surface area contributed by atoms with Gasteiger partial charge < -0.3 is 4.43 Å². The highest BCUT2D eigenvalue weighted by molar-refractivity contribution is 7.85. The van der Waals surface area contributed by atoms with Gasteiger partial charge >= 0.3 is 0 Å². The molecule has 0 saturated carbocycles. The van der Waals surface area contributed by atoms with Gasteiger partial charge in [0.05, 0.1) is 15.7 Å². The number of hydrogen-bond acceptors (Lipinski definition) is 3. The average molecular weight is 518 g/mol. The first kappa shape index (κ1) is 28.1. The standard InChI is InChI=1S/C31H39NO2SSi/c1-23(2)36(24(3)4,25(5)6)34-31(22-32,21-27-13-9-8-10-14-27)29-15-11-12-16-30(29)35(33)28-19-17-26(7)18-20-28/h8-20,23-25H,21H2,1-7H3/t31-,35?/m0/s1. The molecule has 3 nitrogen and oxygen atoms in total. The van der Waals surface area contributed by atoms with Crippen LogP contribution in [-0.2, 0) is 27.2 Å². The van der Waals surface area contributed by atoms with E-state index in [-0.39, 0.29) is 0 Å². The molecule has 0 N–H and O–H groups in total. The molecule has 0 heterocycles. The summed E-state index contributed by atoms with van der Waals surface area (Å²) in [7, 11) is -3.94. The van der Waals surface area contributed by atoms with Crippen LogP contribution in [0.2, 0.25) is 16.6 Å². The number of benzene rings is 3. The third-order valence-corrected chi connectivity index (χ3v) is 14.9. The lowest BCUT2D eigenvalue weighted by atomic mass is 9.88. The Hall–Kier alpha value is -2.52. The molecule has 0 aliphatic heterocycles. The van der Waals surface area contributed by atoms with Gasteiger partial charge in [0.1, 0.15) is 6.07 Å². The molecule has 0 saturated heterocycles. The van der Waals surface area contributed by atoms with E-state index in [4.69, 9.17) is 4.43 Å². The van der Waals surface area contributed by atoms with E-state index in [1.54, 1.807) is 0 Å². The molecule has 0 aliphatic rings. The van der Waals surface area contributed by atoms with E-state index in [0.717, 1.165) is 16.0 Å². The SMILES string of the molecule is Cc1ccc(S(=O)c2ccccc2[C@@](C#N)(Cc2ccccc2)O[Si](C(C)C)(C(C)C)C(C)C)cc1. The molecule has 3 rings (SSSR count). The zero-order chi connectivity index (χ0) is 26.5. The molecule has 0 aliphatic carbocycles. The molecule has 190 valence electrons. The Morgan fingerprint density at radius 3 is 1.89 bits per heavy atom. The Kier molecular flexibility index (Phi) is 9.11. The predicted molar refractivity (Wildman–Crippen MR) is 152 cm³/mol. The minimum absolute atomic E-state index is 0.302. The normalized spacial score (nSPS) is 14.6. The second-order valence-corrected chi connectivity index (χ2v) is 17.4. The summed E-state index contributed by atoms with van der Waals surface area (Å²) in [5.41, 5.74) is 2.48. The van der Waals surface area contributed by atoms with Gasteiger partial charge in [-0.15, -0.1) is 0 Å². The Morgan fingerprint density at radius 2 is 1.36 bits per heavy atom. The molecule has 0 fully saturated rings. The molecule has 0 bridgehead atoms. The Labute approximate surface area is 221 Å². The molecule has 36 heavy (non-hydrogen) atoms. The monoisotopic (exact) mass is 517 g/mol. The van der Waals surface area contributed by atoms with Crippen molar-refractivity contribution in [3.05, 3.63) is 95.6 Å². The second kappa shape index (κ2) is 11.7. The molecule has 3 aromatic rings. The summed E-state index contributed by atoms with van der Waals surface area (Å²) in [6.45, 7) is 15.4. The molecule has 5 heteroatoms. The van der Waals surface area contributed by atoms with Crippen LogP contribution in [0.4, 0.5) is 0 Å². The number of nitriles is 1. The smallest absolute Gasteiger partial charge is 0.202 e. The van der Waals surface area contributed by atoms with Crippen LogP contribution >= 0.6 is 0 Å². The van der Waals surface area contributed by atoms with Crippen molar-refractivity contribution in [2.75, 3.05) is 0 Å². The van der Waals surface area contributed by atoms with Crippen LogP contribution in [0.15, 0.2) is 88.7 Å². The second-order valence-electron chi connectivity index (χ2n) is 10.6. The van der Waals surface area contributed by atoms with Gasteiger partial charge in [0.25, 0.3) is 0 Å². The lowest BCUT2D eigenvalue weighted by Gasteiger charge is -2.47. The first-order chi connectivity index (χ1) is 17.1. The molecule has 0 amide bonds. The fourth-order valence-electron chi connectivity index (χ4n) is 5.60. The van der Waals surface area contributed by atoms with Crippen molar-refractivity contribution in [3.8, 4) is 6.07 Å². The van der Waals surface area contributed by atoms with Gasteiger partial charge in [-0.1, -0.05) is 108 Å². The highest BCUT2D eigenvalue weighted by atomic mass is 32.2. The van der Waals surface area contributed by atoms with Crippen LogP contribution in [0.5, 0.6) is 0 Å². The maximum absolute atomic E-state index is 13.9. The van der Waals surface area contributed by atoms with Gasteiger partial charge in [-0.05, 0) is 47.3 Å². The van der Waals surface area contributed by atoms with Crippen molar-refractivity contribution < 1.29 is 8.63 Å². The van der Waals surface area contributed by atoms with E-state index in [1.807, 2.05) is 85.8 Å². The van der Waals surface area contributed by atoms with E-state index in [1.165, 1.54) is 0 Å². The van der Waals surface area contributed by atoms with Crippen molar-refractivity contribution in [3.63, 3.8) is 0 Å². The molecule has 3 aromatic carbocycles. The lowest BCUT2D eigenvalue weighted by molar-refractivity contribution is 0.1000. The van der Waals surface area contributed by atoms with Crippen LogP contribution in [0, 0.1) is 18.3 Å². The minimum atomic E-state index is -2.49. The van der Waals surface area contributed by atoms with Crippen LogP contribution in [0.25, 0.3) is 0 Å². The van der Waals surface area contributed by atoms with Gasteiger partial charge in [0, 0.05) is 16.9 Å². The fourth-order valence-corrected chi connectivity index (χ4v) is 12.4. The molecule has 1 unspecified atom stereocenters. The molecular weight excluding hydrogens is 478 g/mol. The minimum Gasteiger partial charge on any atom is -0.395 e. The first-order valence-electron chi connectivity index (χ1n) is 12.8. The summed E-state index contributed by atoms with van der Waals surface area (Å²) in [6, 6.07) is 28.1. The lowest BCUT2D eigenvalue weighted by Crippen LogP contribution is -2.54. The van der Waals surface area contributed by atoms with Gasteiger partial charge in [-0.25, -0.2) is 4.21 Å². The summed E-state index contributed by atoms with van der Waals surface area (Å²) in [5, 5.41) is 11.0. The van der Waals surface area contributed by atoms with Crippen molar-refractivity contribution in [2.24, 2.45) is 0 Å². The van der Waals surface area contributed by atoms with E-state index >= 15 is 0 Å². The fraction of sp³-hybridized carbons (Fsp3) is 0.387. The van der Waals surface area contributed by atoms with Gasteiger partial charge in [0.2, 0.25) is 8.32 Å². The molecule has 0 radical (unpaired) electrons. The molecule has 0 aromatic heterocycles. The summed E-state index contributed by atoms with van der Waals surface area (Å²) < 4.78 is 21.3. The van der Waals surface area contributed by atoms with E-state index in [2.05, 4.69) is 47.6 Å². The maximum atomic E-state index is 13.9. The number of aryl methyl sites for hydroxylation is 1. The van der Waals surface area contributed by atoms with Gasteiger partial charge in [-0.3, -0.25) is 0 Å². The predicted octanol–water partition coefficient (Wildman–Crippen LogP) is 8.32. The van der Waals surface area contributed by atoms with E-state index < -0.39 is 24.7 Å². The number of rotatable bonds is 10. The van der Waals surface area contributed by atoms with Crippen molar-refractivity contribution in [1.82, 2.24) is 0 Å². The zero-order valence-electron chi connectivity index (χ0n) is 22.6. The van der Waals surface area contributed by atoms with Crippen LogP contribution < -0.4 is 0 Å². The molecule has 0 spiro atoms. The first-order valence-corrected chi connectivity index (χ1v) is 16.1. The summed E-state index contributed by atoms with van der Waals surface area (Å²) in [5.74, 6) is 0. The van der Waals surface area contributed by atoms with E-state index in [9.17, 15) is 9.47 Å². The highest BCUT2D eigenvalue weighted by Crippen LogP contribution is 2.48. The van der Waals surface area contributed by atoms with Gasteiger partial charge in [0.15, 0.2) is 5.60 Å². The average Bonchev–Trinajstić information content (AvgIpc) is 2.86. The van der Waals surface area contributed by atoms with Crippen LogP contribution in [0.3, 0.4) is 0 Å². The number of nitrogens with zero attached hydrogens (tertiary/aromatic N) is 1. The largest absolute Gasteiger partial charge is 0.395 e. The molecular formula is C31H39NO2SSi. The summed E-state index contributed by atoms with van der Waals surface area (Å²) in [6.07, 6.45) is 0.396. The quantitative estimate of drug-likeness (QED) is 0.254. The summed E-state index contributed by atoms with van der Waals surface area (Å²) in [4.78, 5) is 1.36. The topological polar surface area (TPSA) is 50.1 Å². The zero-order valence-corrected chi connectivity index (χ0v) is 24.4. The van der Waals surface area contributed by atoms with Crippen molar-refractivity contribution in [2.45, 2.75) is 86.9 Å². The summed E-state index contributed by atoms with van der Waals surface area (Å²) >= 11 is 0. The Bertz CT molecular complexity index is 1190. The number of hydrogen-bond donors (Lipinski definition) is 0. The van der Waals surface area contributed by atoms with Crippen LogP contribution in [-0.4, -0.2) is 12.5 Å². The third-order valence-electron chi connectivity index (χ3n) is 7.29. The Balaban J connectivity index is 2.27. The van der Waals surface area contributed by atoms with Gasteiger partial charge in [-0.2, -0.15) is 5.26 Å². The Morgan fingerprint density at radius 1 is 0.833 bits per heavy atom. The molecule has 2 atom stereocenters. The van der Waals surface area contributed by atoms with E-state index in [0.29, 0.717) is 33.5 Å².